The van der Waals surface area contributed by atoms with Crippen LogP contribution in [0.4, 0.5) is 17.1 Å². The number of para-hydroxylation sites is 4. The van der Waals surface area contributed by atoms with Crippen LogP contribution in [0.3, 0.4) is 0 Å². The summed E-state index contributed by atoms with van der Waals surface area (Å²) < 4.78 is 36.2. The minimum atomic E-state index is -3.37. The number of ether oxygens (including phenoxy) is 2. The number of fused-ring (bicyclic) bond motifs is 2. The van der Waals surface area contributed by atoms with Crippen LogP contribution in [0.15, 0.2) is 77.7 Å². The predicted octanol–water partition coefficient (Wildman–Crippen LogP) is 3.25. The van der Waals surface area contributed by atoms with E-state index < -0.39 is 28.1 Å². The molecule has 8 nitrogen and oxygen atoms in total. The molecular weight excluding hydrogens is 428 g/mol. The second-order valence-electron chi connectivity index (χ2n) is 7.85. The second-order valence-corrected chi connectivity index (χ2v) is 9.67. The molecule has 1 saturated heterocycles. The molecule has 0 saturated carbocycles. The highest BCUT2D eigenvalue weighted by atomic mass is 32.2. The number of hydrogen-bond acceptors (Lipinski definition) is 7. The van der Waals surface area contributed by atoms with Crippen LogP contribution in [0.1, 0.15) is 0 Å². The van der Waals surface area contributed by atoms with E-state index in [0.29, 0.717) is 22.1 Å². The fourth-order valence-corrected chi connectivity index (χ4v) is 5.43. The lowest BCUT2D eigenvalue weighted by molar-refractivity contribution is -0.0242. The third kappa shape index (κ3) is 3.69. The van der Waals surface area contributed by atoms with Crippen molar-refractivity contribution in [1.29, 1.82) is 4.78 Å². The fraction of sp³-hybridized carbons (Fsp3) is 0.217. The van der Waals surface area contributed by atoms with Crippen LogP contribution in [0.2, 0.25) is 0 Å². The summed E-state index contributed by atoms with van der Waals surface area (Å²) in [4.78, 5) is 2.30. The number of nitrogens with two attached hydrogens (primary N) is 1. The maximum Gasteiger partial charge on any atom is 0.151 e. The van der Waals surface area contributed by atoms with Gasteiger partial charge in [0.25, 0.3) is 0 Å². The summed E-state index contributed by atoms with van der Waals surface area (Å²) in [6.07, 6.45) is -0.956. The summed E-state index contributed by atoms with van der Waals surface area (Å²) >= 11 is 0. The molecule has 0 amide bonds. The molecule has 3 aromatic carbocycles. The normalized spacial score (nSPS) is 24.0. The Morgan fingerprint density at radius 1 is 0.969 bits per heavy atom. The molecule has 0 spiro atoms. The number of nitrogen functional groups attached to an aromatic ring is 1. The van der Waals surface area contributed by atoms with Crippen molar-refractivity contribution < 1.29 is 18.8 Å². The molecule has 1 fully saturated rings. The molecule has 9 heteroatoms. The van der Waals surface area contributed by atoms with Gasteiger partial charge in [0.2, 0.25) is 0 Å². The summed E-state index contributed by atoms with van der Waals surface area (Å²) in [5.74, 6) is 1.36. The molecule has 5 N–H and O–H groups in total. The second kappa shape index (κ2) is 8.10. The van der Waals surface area contributed by atoms with E-state index in [1.165, 1.54) is 0 Å². The number of rotatable bonds is 4. The number of nitrogens with zero attached hydrogens (tertiary/aromatic N) is 1. The van der Waals surface area contributed by atoms with Gasteiger partial charge in [0.15, 0.2) is 11.5 Å². The lowest BCUT2D eigenvalue weighted by atomic mass is 9.98. The van der Waals surface area contributed by atoms with Gasteiger partial charge in [-0.15, -0.1) is 0 Å². The molecule has 0 bridgehead atoms. The number of benzene rings is 3. The van der Waals surface area contributed by atoms with Crippen molar-refractivity contribution >= 4 is 27.0 Å². The number of hydrogen-bond donors (Lipinski definition) is 4. The van der Waals surface area contributed by atoms with Gasteiger partial charge in [0, 0.05) is 5.69 Å². The van der Waals surface area contributed by atoms with Gasteiger partial charge < -0.3 is 25.2 Å². The number of aliphatic hydroxyl groups excluding tert-OH is 1. The fourth-order valence-electron chi connectivity index (χ4n) is 4.14. The lowest BCUT2D eigenvalue weighted by Crippen LogP contribution is -2.60. The molecule has 4 unspecified atom stereocenters. The average molecular weight is 453 g/mol. The van der Waals surface area contributed by atoms with Crippen molar-refractivity contribution in [3.05, 3.63) is 72.8 Å². The molecule has 32 heavy (non-hydrogen) atoms. The van der Waals surface area contributed by atoms with Gasteiger partial charge in [-0.3, -0.25) is 0 Å². The van der Waals surface area contributed by atoms with Gasteiger partial charge in [0.05, 0.1) is 47.7 Å². The van der Waals surface area contributed by atoms with Crippen molar-refractivity contribution in [3.63, 3.8) is 0 Å². The van der Waals surface area contributed by atoms with Gasteiger partial charge in [-0.1, -0.05) is 24.3 Å². The van der Waals surface area contributed by atoms with Gasteiger partial charge in [-0.25, -0.2) is 13.7 Å². The molecule has 2 aliphatic rings. The van der Waals surface area contributed by atoms with E-state index in [4.69, 9.17) is 20.0 Å². The van der Waals surface area contributed by atoms with Crippen LogP contribution < -0.4 is 20.1 Å². The maximum atomic E-state index is 13.1. The highest BCUT2D eigenvalue weighted by Gasteiger charge is 2.41. The zero-order valence-corrected chi connectivity index (χ0v) is 18.0. The average Bonchev–Trinajstić information content (AvgIpc) is 2.79. The van der Waals surface area contributed by atoms with E-state index in [0.717, 1.165) is 11.4 Å². The van der Waals surface area contributed by atoms with Gasteiger partial charge in [0.1, 0.15) is 9.92 Å². The van der Waals surface area contributed by atoms with Crippen LogP contribution in [-0.2, 0) is 14.7 Å². The van der Waals surface area contributed by atoms with Gasteiger partial charge in [-0.05, 0) is 48.5 Å². The summed E-state index contributed by atoms with van der Waals surface area (Å²) in [6.45, 7) is 0.402. The monoisotopic (exact) mass is 452 g/mol. The van der Waals surface area contributed by atoms with Crippen molar-refractivity contribution in [2.24, 2.45) is 0 Å². The zero-order chi connectivity index (χ0) is 22.3. The van der Waals surface area contributed by atoms with Crippen LogP contribution in [0.5, 0.6) is 11.5 Å². The third-order valence-corrected chi connectivity index (χ3v) is 7.29. The molecule has 2 aliphatic heterocycles. The van der Waals surface area contributed by atoms with Crippen molar-refractivity contribution in [1.82, 2.24) is 4.72 Å². The Morgan fingerprint density at radius 2 is 1.56 bits per heavy atom. The molecule has 5 rings (SSSR count). The topological polar surface area (TPSA) is 121 Å². The van der Waals surface area contributed by atoms with E-state index in [1.807, 2.05) is 53.4 Å². The molecule has 166 valence electrons. The van der Waals surface area contributed by atoms with Crippen LogP contribution in [0.25, 0.3) is 0 Å². The molecule has 3 aromatic rings. The standard InChI is InChI=1S/C23H24N4O4S/c24-15-9-11-16(12-10-15)32(25,29)26-17-13-30-14-20(23(17)28)27-18-5-1-3-7-21(18)31-22-8-4-2-6-19(22)27/h1-12,17,20,23,28H,13-14,24H2,(H2,25,26,29). The zero-order valence-electron chi connectivity index (χ0n) is 17.2. The SMILES string of the molecule is N=S(=O)(NC1COCC(N2c3ccccc3Oc3ccccc32)C1O)c1ccc(N)cc1. The smallest absolute Gasteiger partial charge is 0.151 e. The quantitative estimate of drug-likeness (QED) is 0.451. The molecule has 0 aromatic heterocycles. The summed E-state index contributed by atoms with van der Waals surface area (Å²) in [5.41, 5.74) is 7.85. The first-order valence-electron chi connectivity index (χ1n) is 10.3. The highest BCUT2D eigenvalue weighted by Crippen LogP contribution is 2.48. The van der Waals surface area contributed by atoms with Gasteiger partial charge >= 0.3 is 0 Å². The summed E-state index contributed by atoms with van der Waals surface area (Å²) in [7, 11) is -3.37. The van der Waals surface area contributed by atoms with E-state index >= 15 is 0 Å². The molecule has 0 radical (unpaired) electrons. The number of nitrogens with one attached hydrogen (secondary N) is 2. The molecular formula is C23H24N4O4S. The summed E-state index contributed by atoms with van der Waals surface area (Å²) in [5, 5.41) is 11.3. The first-order valence-corrected chi connectivity index (χ1v) is 11.8. The van der Waals surface area contributed by atoms with E-state index in [1.54, 1.807) is 24.3 Å². The van der Waals surface area contributed by atoms with Crippen LogP contribution >= 0.6 is 0 Å². The minimum Gasteiger partial charge on any atom is -0.453 e. The van der Waals surface area contributed by atoms with Gasteiger partial charge in [-0.2, -0.15) is 0 Å². The number of anilines is 3. The predicted molar refractivity (Wildman–Crippen MR) is 123 cm³/mol. The van der Waals surface area contributed by atoms with Crippen molar-refractivity contribution in [3.8, 4) is 11.5 Å². The van der Waals surface area contributed by atoms with Crippen molar-refractivity contribution in [2.75, 3.05) is 23.8 Å². The molecule has 0 aliphatic carbocycles. The Morgan fingerprint density at radius 3 is 2.19 bits per heavy atom. The number of aliphatic hydroxyl groups is 1. The van der Waals surface area contributed by atoms with E-state index in [2.05, 4.69) is 4.72 Å². The summed E-state index contributed by atoms with van der Waals surface area (Å²) in [6, 6.07) is 20.3. The first-order chi connectivity index (χ1) is 15.4. The van der Waals surface area contributed by atoms with E-state index in [-0.39, 0.29) is 13.2 Å². The Hall–Kier alpha value is -3.11. The van der Waals surface area contributed by atoms with Crippen molar-refractivity contribution in [2.45, 2.75) is 23.1 Å². The van der Waals surface area contributed by atoms with E-state index in [9.17, 15) is 9.32 Å². The molecule has 2 heterocycles. The maximum absolute atomic E-state index is 13.1. The Labute approximate surface area is 186 Å². The Bertz CT molecular complexity index is 1190. The van der Waals surface area contributed by atoms with Crippen LogP contribution in [-0.4, -0.2) is 40.7 Å². The minimum absolute atomic E-state index is 0.135. The largest absolute Gasteiger partial charge is 0.453 e. The van der Waals surface area contributed by atoms with Crippen LogP contribution in [0, 0.1) is 4.78 Å². The highest BCUT2D eigenvalue weighted by molar-refractivity contribution is 7.90. The molecule has 4 atom stereocenters. The Kier molecular flexibility index (Phi) is 5.26. The lowest BCUT2D eigenvalue weighted by Gasteiger charge is -2.44. The third-order valence-electron chi connectivity index (χ3n) is 5.72. The first kappa shape index (κ1) is 20.8. The Balaban J connectivity index is 1.46.